The summed E-state index contributed by atoms with van der Waals surface area (Å²) in [5.41, 5.74) is 5.34. The molecule has 1 aromatic carbocycles. The van der Waals surface area contributed by atoms with Gasteiger partial charge < -0.3 is 4.98 Å². The molecule has 2 heterocycles. The Hall–Kier alpha value is -2.16. The van der Waals surface area contributed by atoms with Crippen LogP contribution < -0.4 is 0 Å². The normalized spacial score (nSPS) is 11.0. The number of nitrogens with zero attached hydrogens (tertiary/aromatic N) is 2. The molecule has 0 atom stereocenters. The minimum absolute atomic E-state index is 0.803. The van der Waals surface area contributed by atoms with Gasteiger partial charge in [-0.05, 0) is 31.5 Å². The average molecular weight is 237 g/mol. The van der Waals surface area contributed by atoms with E-state index in [1.807, 2.05) is 19.1 Å². The van der Waals surface area contributed by atoms with Crippen LogP contribution in [0.2, 0.25) is 0 Å². The van der Waals surface area contributed by atoms with Crippen LogP contribution in [0, 0.1) is 13.8 Å². The third-order valence-electron chi connectivity index (χ3n) is 3.03. The molecule has 3 nitrogen and oxygen atoms in total. The zero-order valence-corrected chi connectivity index (χ0v) is 10.6. The van der Waals surface area contributed by atoms with E-state index in [1.165, 1.54) is 11.1 Å². The minimum atomic E-state index is 0.803. The number of imidazole rings is 1. The molecule has 0 spiro atoms. The van der Waals surface area contributed by atoms with Crippen molar-refractivity contribution in [1.82, 2.24) is 15.0 Å². The van der Waals surface area contributed by atoms with E-state index in [2.05, 4.69) is 46.1 Å². The maximum absolute atomic E-state index is 4.52. The standard InChI is InChI=1S/C15H15N3/c1-10-3-6-12(7-4-10)9-14-17-13-8-5-11(2)16-15(13)18-14/h3-8H,9H2,1-2H3,(H,16,17,18). The predicted molar refractivity (Wildman–Crippen MR) is 72.6 cm³/mol. The average Bonchev–Trinajstić information content (AvgIpc) is 2.73. The molecule has 3 rings (SSSR count). The van der Waals surface area contributed by atoms with E-state index in [0.717, 1.165) is 29.1 Å². The molecule has 90 valence electrons. The first kappa shape index (κ1) is 11.0. The molecule has 0 aliphatic carbocycles. The summed E-state index contributed by atoms with van der Waals surface area (Å²) in [6.45, 7) is 4.07. The highest BCUT2D eigenvalue weighted by Crippen LogP contribution is 2.13. The summed E-state index contributed by atoms with van der Waals surface area (Å²) in [7, 11) is 0. The summed E-state index contributed by atoms with van der Waals surface area (Å²) < 4.78 is 0. The van der Waals surface area contributed by atoms with Crippen molar-refractivity contribution >= 4 is 11.2 Å². The van der Waals surface area contributed by atoms with Crippen LogP contribution in [0.3, 0.4) is 0 Å². The van der Waals surface area contributed by atoms with E-state index in [9.17, 15) is 0 Å². The molecule has 0 fully saturated rings. The number of aromatic amines is 1. The van der Waals surface area contributed by atoms with Crippen molar-refractivity contribution in [3.8, 4) is 0 Å². The van der Waals surface area contributed by atoms with Gasteiger partial charge in [-0.25, -0.2) is 9.97 Å². The van der Waals surface area contributed by atoms with Crippen LogP contribution >= 0.6 is 0 Å². The quantitative estimate of drug-likeness (QED) is 0.743. The van der Waals surface area contributed by atoms with Gasteiger partial charge in [-0.3, -0.25) is 0 Å². The first-order valence-corrected chi connectivity index (χ1v) is 6.08. The minimum Gasteiger partial charge on any atom is -0.340 e. The highest BCUT2D eigenvalue weighted by molar-refractivity contribution is 5.70. The molecule has 3 heteroatoms. The second-order valence-corrected chi connectivity index (χ2v) is 4.67. The molecule has 3 aromatic rings. The molecule has 2 aromatic heterocycles. The van der Waals surface area contributed by atoms with Gasteiger partial charge in [0.05, 0.1) is 5.52 Å². The maximum atomic E-state index is 4.52. The molecule has 18 heavy (non-hydrogen) atoms. The Balaban J connectivity index is 1.92. The van der Waals surface area contributed by atoms with E-state index in [1.54, 1.807) is 0 Å². The summed E-state index contributed by atoms with van der Waals surface area (Å²) in [5.74, 6) is 0.965. The van der Waals surface area contributed by atoms with Crippen LogP contribution in [0.4, 0.5) is 0 Å². The third-order valence-corrected chi connectivity index (χ3v) is 3.03. The van der Waals surface area contributed by atoms with Crippen molar-refractivity contribution in [2.24, 2.45) is 0 Å². The summed E-state index contributed by atoms with van der Waals surface area (Å²) in [6, 6.07) is 12.6. The van der Waals surface area contributed by atoms with Gasteiger partial charge in [0.2, 0.25) is 0 Å². The maximum Gasteiger partial charge on any atom is 0.177 e. The van der Waals surface area contributed by atoms with E-state index in [4.69, 9.17) is 0 Å². The second kappa shape index (κ2) is 4.26. The molecular weight excluding hydrogens is 222 g/mol. The van der Waals surface area contributed by atoms with Crippen molar-refractivity contribution in [2.45, 2.75) is 20.3 Å². The smallest absolute Gasteiger partial charge is 0.177 e. The van der Waals surface area contributed by atoms with E-state index in [-0.39, 0.29) is 0 Å². The second-order valence-electron chi connectivity index (χ2n) is 4.67. The van der Waals surface area contributed by atoms with Crippen LogP contribution in [0.5, 0.6) is 0 Å². The van der Waals surface area contributed by atoms with E-state index in [0.29, 0.717) is 0 Å². The van der Waals surface area contributed by atoms with Gasteiger partial charge >= 0.3 is 0 Å². The topological polar surface area (TPSA) is 41.6 Å². The Labute approximate surface area is 106 Å². The lowest BCUT2D eigenvalue weighted by Gasteiger charge is -1.98. The van der Waals surface area contributed by atoms with Crippen LogP contribution in [-0.4, -0.2) is 15.0 Å². The number of aromatic nitrogens is 3. The van der Waals surface area contributed by atoms with Crippen LogP contribution in [0.25, 0.3) is 11.2 Å². The number of aryl methyl sites for hydroxylation is 2. The summed E-state index contributed by atoms with van der Waals surface area (Å²) in [6.07, 6.45) is 0.815. The Bertz CT molecular complexity index is 681. The summed E-state index contributed by atoms with van der Waals surface area (Å²) in [4.78, 5) is 12.2. The first-order valence-electron chi connectivity index (χ1n) is 6.08. The Kier molecular flexibility index (Phi) is 2.59. The predicted octanol–water partition coefficient (Wildman–Crippen LogP) is 3.17. The molecule has 0 saturated heterocycles. The number of H-pyrrole nitrogens is 1. The fraction of sp³-hybridized carbons (Fsp3) is 0.200. The van der Waals surface area contributed by atoms with E-state index < -0.39 is 0 Å². The van der Waals surface area contributed by atoms with Crippen molar-refractivity contribution in [3.63, 3.8) is 0 Å². The Morgan fingerprint density at radius 1 is 0.944 bits per heavy atom. The molecule has 0 aliphatic heterocycles. The molecule has 0 unspecified atom stereocenters. The first-order chi connectivity index (χ1) is 8.70. The molecule has 0 saturated carbocycles. The van der Waals surface area contributed by atoms with Crippen LogP contribution in [-0.2, 0) is 6.42 Å². The molecule has 1 N–H and O–H groups in total. The number of fused-ring (bicyclic) bond motifs is 1. The number of hydrogen-bond donors (Lipinski definition) is 1. The molecule has 0 amide bonds. The van der Waals surface area contributed by atoms with Gasteiger partial charge in [0.15, 0.2) is 5.65 Å². The van der Waals surface area contributed by atoms with Crippen LogP contribution in [0.1, 0.15) is 22.6 Å². The molecular formula is C15H15N3. The SMILES string of the molecule is Cc1ccc(Cc2nc3nc(C)ccc3[nH]2)cc1. The highest BCUT2D eigenvalue weighted by Gasteiger charge is 2.04. The molecule has 0 radical (unpaired) electrons. The largest absolute Gasteiger partial charge is 0.340 e. The van der Waals surface area contributed by atoms with Gasteiger partial charge in [0, 0.05) is 12.1 Å². The number of hydrogen-bond acceptors (Lipinski definition) is 2. The fourth-order valence-electron chi connectivity index (χ4n) is 2.02. The number of benzene rings is 1. The van der Waals surface area contributed by atoms with Gasteiger partial charge in [0.1, 0.15) is 5.82 Å². The van der Waals surface area contributed by atoms with E-state index >= 15 is 0 Å². The summed E-state index contributed by atoms with van der Waals surface area (Å²) >= 11 is 0. The van der Waals surface area contributed by atoms with Gasteiger partial charge in [-0.15, -0.1) is 0 Å². The zero-order valence-electron chi connectivity index (χ0n) is 10.6. The zero-order chi connectivity index (χ0) is 12.5. The van der Waals surface area contributed by atoms with Gasteiger partial charge in [-0.2, -0.15) is 0 Å². The lowest BCUT2D eigenvalue weighted by molar-refractivity contribution is 1.03. The lowest BCUT2D eigenvalue weighted by atomic mass is 10.1. The highest BCUT2D eigenvalue weighted by atomic mass is 15.0. The van der Waals surface area contributed by atoms with Crippen LogP contribution in [0.15, 0.2) is 36.4 Å². The number of pyridine rings is 1. The number of rotatable bonds is 2. The monoisotopic (exact) mass is 237 g/mol. The van der Waals surface area contributed by atoms with Crippen molar-refractivity contribution in [3.05, 3.63) is 59.0 Å². The third kappa shape index (κ3) is 2.12. The van der Waals surface area contributed by atoms with Crippen molar-refractivity contribution < 1.29 is 0 Å². The Morgan fingerprint density at radius 2 is 1.72 bits per heavy atom. The lowest BCUT2D eigenvalue weighted by Crippen LogP contribution is -1.90. The van der Waals surface area contributed by atoms with Crippen molar-refractivity contribution in [1.29, 1.82) is 0 Å². The number of nitrogens with one attached hydrogen (secondary N) is 1. The summed E-state index contributed by atoms with van der Waals surface area (Å²) in [5, 5.41) is 0. The van der Waals surface area contributed by atoms with Gasteiger partial charge in [-0.1, -0.05) is 29.8 Å². The van der Waals surface area contributed by atoms with Crippen molar-refractivity contribution in [2.75, 3.05) is 0 Å². The Morgan fingerprint density at radius 3 is 2.50 bits per heavy atom. The fourth-order valence-corrected chi connectivity index (χ4v) is 2.02. The molecule has 0 bridgehead atoms. The molecule has 0 aliphatic rings. The van der Waals surface area contributed by atoms with Gasteiger partial charge in [0.25, 0.3) is 0 Å².